The molecule has 1 aromatic heterocycles. The predicted molar refractivity (Wildman–Crippen MR) is 117 cm³/mol. The van der Waals surface area contributed by atoms with Gasteiger partial charge in [0.2, 0.25) is 0 Å². The molecule has 2 heterocycles. The van der Waals surface area contributed by atoms with Crippen LogP contribution in [0.2, 0.25) is 0 Å². The Labute approximate surface area is 178 Å². The minimum atomic E-state index is -0.294. The average molecular weight is 417 g/mol. The molecule has 1 fully saturated rings. The van der Waals surface area contributed by atoms with Crippen LogP contribution in [0.5, 0.6) is 0 Å². The van der Waals surface area contributed by atoms with E-state index in [1.807, 2.05) is 30.3 Å². The number of carbonyl (C=O) groups is 2. The van der Waals surface area contributed by atoms with Crippen molar-refractivity contribution in [2.24, 2.45) is 5.92 Å². The number of hydrogen-bond donors (Lipinski definition) is 3. The molecule has 0 bridgehead atoms. The van der Waals surface area contributed by atoms with Crippen molar-refractivity contribution < 1.29 is 9.59 Å². The molecule has 0 aliphatic carbocycles. The quantitative estimate of drug-likeness (QED) is 0.647. The maximum Gasteiger partial charge on any atom is 0.269 e. The second-order valence-electron chi connectivity index (χ2n) is 7.23. The van der Waals surface area contributed by atoms with Gasteiger partial charge in [-0.25, -0.2) is 4.98 Å². The Kier molecular flexibility index (Phi) is 9.09. The molecule has 6 nitrogen and oxygen atoms in total. The molecule has 0 saturated carbocycles. The van der Waals surface area contributed by atoms with E-state index in [4.69, 9.17) is 0 Å². The van der Waals surface area contributed by atoms with Crippen LogP contribution in [0, 0.1) is 5.92 Å². The molecule has 1 atom stereocenters. The zero-order chi connectivity index (χ0) is 19.8. The summed E-state index contributed by atoms with van der Waals surface area (Å²) < 4.78 is 0. The Morgan fingerprint density at radius 3 is 2.66 bits per heavy atom. The van der Waals surface area contributed by atoms with Crippen molar-refractivity contribution in [3.8, 4) is 0 Å². The molecule has 0 radical (unpaired) electrons. The van der Waals surface area contributed by atoms with Gasteiger partial charge in [-0.2, -0.15) is 0 Å². The molecule has 1 saturated heterocycles. The fourth-order valence-electron chi connectivity index (χ4n) is 3.52. The van der Waals surface area contributed by atoms with E-state index in [9.17, 15) is 9.59 Å². The normalized spacial score (nSPS) is 15.8. The first-order valence-corrected chi connectivity index (χ1v) is 9.91. The molecule has 29 heavy (non-hydrogen) atoms. The average Bonchev–Trinajstić information content (AvgIpc) is 2.74. The summed E-state index contributed by atoms with van der Waals surface area (Å²) in [5, 5.41) is 8.98. The first-order valence-electron chi connectivity index (χ1n) is 9.91. The van der Waals surface area contributed by atoms with Gasteiger partial charge in [0, 0.05) is 31.3 Å². The van der Waals surface area contributed by atoms with Crippen molar-refractivity contribution in [1.82, 2.24) is 20.9 Å². The molecule has 1 aliphatic rings. The number of piperidine rings is 1. The fourth-order valence-corrected chi connectivity index (χ4v) is 3.52. The van der Waals surface area contributed by atoms with Crippen LogP contribution in [0.4, 0.5) is 0 Å². The monoisotopic (exact) mass is 416 g/mol. The van der Waals surface area contributed by atoms with E-state index < -0.39 is 0 Å². The first-order chi connectivity index (χ1) is 13.7. The Morgan fingerprint density at radius 2 is 1.97 bits per heavy atom. The molecule has 7 heteroatoms. The van der Waals surface area contributed by atoms with E-state index in [0.29, 0.717) is 30.1 Å². The third kappa shape index (κ3) is 6.84. The highest BCUT2D eigenvalue weighted by Crippen LogP contribution is 2.14. The number of carbonyl (C=O) groups excluding carboxylic acids is 2. The molecule has 3 rings (SSSR count). The van der Waals surface area contributed by atoms with Crippen LogP contribution in [0.3, 0.4) is 0 Å². The number of pyridine rings is 1. The molecular formula is C22H29ClN4O2. The second kappa shape index (κ2) is 11.5. The van der Waals surface area contributed by atoms with Gasteiger partial charge in [-0.05, 0) is 56.0 Å². The van der Waals surface area contributed by atoms with Crippen LogP contribution in [0.1, 0.15) is 51.4 Å². The highest BCUT2D eigenvalue weighted by atomic mass is 35.5. The van der Waals surface area contributed by atoms with Crippen LogP contribution in [0.15, 0.2) is 42.5 Å². The number of rotatable bonds is 7. The van der Waals surface area contributed by atoms with Crippen molar-refractivity contribution in [2.75, 3.05) is 26.7 Å². The summed E-state index contributed by atoms with van der Waals surface area (Å²) in [6.07, 6.45) is 3.93. The van der Waals surface area contributed by atoms with Crippen LogP contribution in [-0.2, 0) is 6.42 Å². The SMILES string of the molecule is CNC(=O)c1cc(C(=O)NCCC2CCCNC2)cc(Cc2ccccc2)n1.Cl. The standard InChI is InChI=1S/C22H28N4O2.ClH/c1-23-22(28)20-14-18(13-19(26-20)12-16-6-3-2-4-7-16)21(27)25-11-9-17-8-5-10-24-15-17;/h2-4,6-7,13-14,17,24H,5,8-12,15H2,1H3,(H,23,28)(H,25,27);1H. The van der Waals surface area contributed by atoms with Gasteiger partial charge >= 0.3 is 0 Å². The van der Waals surface area contributed by atoms with Crippen molar-refractivity contribution in [2.45, 2.75) is 25.7 Å². The largest absolute Gasteiger partial charge is 0.354 e. The van der Waals surface area contributed by atoms with Gasteiger partial charge in [0.05, 0.1) is 0 Å². The summed E-state index contributed by atoms with van der Waals surface area (Å²) in [4.78, 5) is 29.2. The van der Waals surface area contributed by atoms with E-state index in [2.05, 4.69) is 20.9 Å². The molecule has 156 valence electrons. The lowest BCUT2D eigenvalue weighted by Gasteiger charge is -2.22. The van der Waals surface area contributed by atoms with Gasteiger partial charge in [0.1, 0.15) is 5.69 Å². The van der Waals surface area contributed by atoms with Gasteiger partial charge in [-0.1, -0.05) is 30.3 Å². The van der Waals surface area contributed by atoms with Gasteiger partial charge in [-0.3, -0.25) is 9.59 Å². The van der Waals surface area contributed by atoms with Gasteiger partial charge in [0.15, 0.2) is 0 Å². The summed E-state index contributed by atoms with van der Waals surface area (Å²) in [5.74, 6) is 0.157. The van der Waals surface area contributed by atoms with Gasteiger partial charge < -0.3 is 16.0 Å². The van der Waals surface area contributed by atoms with Crippen LogP contribution >= 0.6 is 12.4 Å². The Morgan fingerprint density at radius 1 is 1.17 bits per heavy atom. The lowest BCUT2D eigenvalue weighted by molar-refractivity contribution is 0.0950. The minimum absolute atomic E-state index is 0. The molecule has 2 aromatic rings. The highest BCUT2D eigenvalue weighted by molar-refractivity contribution is 5.98. The molecular weight excluding hydrogens is 388 g/mol. The van der Waals surface area contributed by atoms with Gasteiger partial charge in [-0.15, -0.1) is 12.4 Å². The van der Waals surface area contributed by atoms with Crippen LogP contribution < -0.4 is 16.0 Å². The maximum absolute atomic E-state index is 12.7. The lowest BCUT2D eigenvalue weighted by atomic mass is 9.96. The summed E-state index contributed by atoms with van der Waals surface area (Å²) in [5.41, 5.74) is 2.52. The number of halogens is 1. The number of nitrogens with zero attached hydrogens (tertiary/aromatic N) is 1. The van der Waals surface area contributed by atoms with Crippen LogP contribution in [-0.4, -0.2) is 43.5 Å². The molecule has 3 N–H and O–H groups in total. The minimum Gasteiger partial charge on any atom is -0.354 e. The number of benzene rings is 1. The van der Waals surface area contributed by atoms with Crippen molar-refractivity contribution in [3.05, 3.63) is 65.0 Å². The molecule has 1 unspecified atom stereocenters. The summed E-state index contributed by atoms with van der Waals surface area (Å²) >= 11 is 0. The smallest absolute Gasteiger partial charge is 0.269 e. The Balaban J connectivity index is 0.00000300. The third-order valence-corrected chi connectivity index (χ3v) is 5.07. The summed E-state index contributed by atoms with van der Waals surface area (Å²) in [6.45, 7) is 2.75. The summed E-state index contributed by atoms with van der Waals surface area (Å²) in [6, 6.07) is 13.2. The van der Waals surface area contributed by atoms with Crippen molar-refractivity contribution >= 4 is 24.2 Å². The number of amides is 2. The number of hydrogen-bond acceptors (Lipinski definition) is 4. The van der Waals surface area contributed by atoms with Crippen molar-refractivity contribution in [3.63, 3.8) is 0 Å². The van der Waals surface area contributed by atoms with Crippen LogP contribution in [0.25, 0.3) is 0 Å². The maximum atomic E-state index is 12.7. The van der Waals surface area contributed by atoms with E-state index in [-0.39, 0.29) is 29.9 Å². The first kappa shape index (κ1) is 22.8. The third-order valence-electron chi connectivity index (χ3n) is 5.07. The second-order valence-corrected chi connectivity index (χ2v) is 7.23. The van der Waals surface area contributed by atoms with E-state index >= 15 is 0 Å². The lowest BCUT2D eigenvalue weighted by Crippen LogP contribution is -2.33. The number of nitrogens with one attached hydrogen (secondary N) is 3. The molecule has 2 amide bonds. The van der Waals surface area contributed by atoms with E-state index in [1.54, 1.807) is 19.2 Å². The fraction of sp³-hybridized carbons (Fsp3) is 0.409. The highest BCUT2D eigenvalue weighted by Gasteiger charge is 2.16. The Hall–Kier alpha value is -2.44. The summed E-state index contributed by atoms with van der Waals surface area (Å²) in [7, 11) is 1.56. The van der Waals surface area contributed by atoms with Gasteiger partial charge in [0.25, 0.3) is 11.8 Å². The molecule has 0 spiro atoms. The number of aromatic nitrogens is 1. The molecule has 1 aliphatic heterocycles. The van der Waals surface area contributed by atoms with E-state index in [1.165, 1.54) is 12.8 Å². The Bertz CT molecular complexity index is 808. The van der Waals surface area contributed by atoms with E-state index in [0.717, 1.165) is 25.1 Å². The molecule has 1 aromatic carbocycles. The zero-order valence-electron chi connectivity index (χ0n) is 16.7. The predicted octanol–water partition coefficient (Wildman–Crippen LogP) is 2.57. The zero-order valence-corrected chi connectivity index (χ0v) is 17.6. The van der Waals surface area contributed by atoms with Crippen molar-refractivity contribution in [1.29, 1.82) is 0 Å². The topological polar surface area (TPSA) is 83.1 Å².